The molecule has 120 valence electrons. The van der Waals surface area contributed by atoms with Gasteiger partial charge >= 0.3 is 0 Å². The van der Waals surface area contributed by atoms with Gasteiger partial charge in [-0.15, -0.1) is 0 Å². The number of ketones is 1. The van der Waals surface area contributed by atoms with Crippen LogP contribution in [-0.2, 0) is 0 Å². The van der Waals surface area contributed by atoms with E-state index in [1.807, 2.05) is 18.2 Å². The Morgan fingerprint density at radius 2 is 2.12 bits per heavy atom. The molecule has 0 radical (unpaired) electrons. The van der Waals surface area contributed by atoms with Crippen LogP contribution in [0.5, 0.6) is 5.75 Å². The summed E-state index contributed by atoms with van der Waals surface area (Å²) in [5, 5.41) is 9.84. The molecule has 1 aromatic heterocycles. The molecule has 0 aliphatic rings. The van der Waals surface area contributed by atoms with Crippen molar-refractivity contribution in [2.24, 2.45) is 0 Å². The van der Waals surface area contributed by atoms with Crippen LogP contribution in [0.4, 0.5) is 4.39 Å². The van der Waals surface area contributed by atoms with Gasteiger partial charge in [-0.3, -0.25) is 4.79 Å². The SMILES string of the molecule is N#Cc1cc(F)cc(Cl)c1OCC(=O)c1cc2cc(Br)ccc2[nH]1. The zero-order valence-corrected chi connectivity index (χ0v) is 14.4. The quantitative estimate of drug-likeness (QED) is 0.628. The highest BCUT2D eigenvalue weighted by molar-refractivity contribution is 9.10. The second kappa shape index (κ2) is 6.63. The van der Waals surface area contributed by atoms with E-state index in [-0.39, 0.29) is 28.7 Å². The molecule has 0 aliphatic heterocycles. The maximum absolute atomic E-state index is 13.2. The van der Waals surface area contributed by atoms with Crippen molar-refractivity contribution in [1.29, 1.82) is 5.26 Å². The van der Waals surface area contributed by atoms with E-state index in [0.717, 1.165) is 27.5 Å². The summed E-state index contributed by atoms with van der Waals surface area (Å²) in [5.74, 6) is -0.962. The molecule has 3 aromatic rings. The second-order valence-corrected chi connectivity index (χ2v) is 6.33. The summed E-state index contributed by atoms with van der Waals surface area (Å²) in [6.07, 6.45) is 0. The van der Waals surface area contributed by atoms with Crippen molar-refractivity contribution < 1.29 is 13.9 Å². The van der Waals surface area contributed by atoms with Gasteiger partial charge in [0.25, 0.3) is 0 Å². The smallest absolute Gasteiger partial charge is 0.216 e. The first-order valence-electron chi connectivity index (χ1n) is 6.81. The van der Waals surface area contributed by atoms with Crippen LogP contribution >= 0.6 is 27.5 Å². The van der Waals surface area contributed by atoms with Gasteiger partial charge < -0.3 is 9.72 Å². The molecule has 2 aromatic carbocycles. The van der Waals surface area contributed by atoms with Crippen molar-refractivity contribution in [2.45, 2.75) is 0 Å². The number of carbonyl (C=O) groups is 1. The van der Waals surface area contributed by atoms with Crippen LogP contribution in [0, 0.1) is 17.1 Å². The van der Waals surface area contributed by atoms with Crippen LogP contribution in [0.25, 0.3) is 10.9 Å². The Balaban J connectivity index is 1.81. The fourth-order valence-corrected chi connectivity index (χ4v) is 2.90. The summed E-state index contributed by atoms with van der Waals surface area (Å²) in [6, 6.07) is 11.1. The molecule has 3 rings (SSSR count). The van der Waals surface area contributed by atoms with Gasteiger partial charge in [0.05, 0.1) is 16.3 Å². The number of aromatic nitrogens is 1. The molecular weight excluding hydrogens is 399 g/mol. The van der Waals surface area contributed by atoms with E-state index in [1.165, 1.54) is 0 Å². The van der Waals surface area contributed by atoms with Crippen LogP contribution in [0.3, 0.4) is 0 Å². The lowest BCUT2D eigenvalue weighted by Gasteiger charge is -2.08. The number of hydrogen-bond acceptors (Lipinski definition) is 3. The number of carbonyl (C=O) groups excluding carboxylic acids is 1. The Bertz CT molecular complexity index is 994. The highest BCUT2D eigenvalue weighted by Gasteiger charge is 2.15. The summed E-state index contributed by atoms with van der Waals surface area (Å²) < 4.78 is 19.5. The number of aromatic amines is 1. The van der Waals surface area contributed by atoms with Gasteiger partial charge in [-0.1, -0.05) is 27.5 Å². The van der Waals surface area contributed by atoms with Crippen LogP contribution in [0.2, 0.25) is 5.02 Å². The molecule has 0 saturated heterocycles. The zero-order valence-electron chi connectivity index (χ0n) is 12.1. The molecule has 0 bridgehead atoms. The number of nitrogens with one attached hydrogen (secondary N) is 1. The average Bonchev–Trinajstić information content (AvgIpc) is 2.96. The third kappa shape index (κ3) is 3.28. The van der Waals surface area contributed by atoms with Crippen LogP contribution in [0.1, 0.15) is 16.1 Å². The molecule has 4 nitrogen and oxygen atoms in total. The molecule has 0 saturated carbocycles. The number of rotatable bonds is 4. The second-order valence-electron chi connectivity index (χ2n) is 5.00. The van der Waals surface area contributed by atoms with Crippen LogP contribution in [0.15, 0.2) is 40.9 Å². The third-order valence-electron chi connectivity index (χ3n) is 3.36. The summed E-state index contributed by atoms with van der Waals surface area (Å²) in [7, 11) is 0. The highest BCUT2D eigenvalue weighted by atomic mass is 79.9. The van der Waals surface area contributed by atoms with Gasteiger partial charge in [0.2, 0.25) is 5.78 Å². The number of nitriles is 1. The normalized spacial score (nSPS) is 10.6. The Morgan fingerprint density at radius 1 is 1.33 bits per heavy atom. The minimum Gasteiger partial charge on any atom is -0.482 e. The maximum atomic E-state index is 13.2. The fraction of sp³-hybridized carbons (Fsp3) is 0.0588. The first-order valence-corrected chi connectivity index (χ1v) is 7.98. The predicted octanol–water partition coefficient (Wildman–Crippen LogP) is 4.86. The monoisotopic (exact) mass is 406 g/mol. The molecule has 1 N–H and O–H groups in total. The number of Topliss-reactive ketones (excluding diaryl/α,β-unsaturated/α-hetero) is 1. The van der Waals surface area contributed by atoms with Crippen molar-refractivity contribution >= 4 is 44.2 Å². The fourth-order valence-electron chi connectivity index (χ4n) is 2.26. The molecule has 0 amide bonds. The van der Waals surface area contributed by atoms with Crippen LogP contribution < -0.4 is 4.74 Å². The molecule has 0 unspecified atom stereocenters. The molecule has 0 aliphatic carbocycles. The first-order chi connectivity index (χ1) is 11.5. The van der Waals surface area contributed by atoms with Crippen molar-refractivity contribution in [3.8, 4) is 11.8 Å². The van der Waals surface area contributed by atoms with Gasteiger partial charge in [0.1, 0.15) is 11.9 Å². The van der Waals surface area contributed by atoms with E-state index in [1.54, 1.807) is 12.1 Å². The highest BCUT2D eigenvalue weighted by Crippen LogP contribution is 2.30. The first kappa shape index (κ1) is 16.5. The summed E-state index contributed by atoms with van der Waals surface area (Å²) in [5.41, 5.74) is 1.13. The zero-order chi connectivity index (χ0) is 17.3. The summed E-state index contributed by atoms with van der Waals surface area (Å²) in [6.45, 7) is -0.325. The topological polar surface area (TPSA) is 65.9 Å². The van der Waals surface area contributed by atoms with E-state index in [9.17, 15) is 9.18 Å². The Morgan fingerprint density at radius 3 is 2.88 bits per heavy atom. The number of benzene rings is 2. The van der Waals surface area contributed by atoms with Gasteiger partial charge in [-0.05, 0) is 36.4 Å². The third-order valence-corrected chi connectivity index (χ3v) is 4.13. The van der Waals surface area contributed by atoms with Crippen LogP contribution in [-0.4, -0.2) is 17.4 Å². The minimum atomic E-state index is -0.642. The lowest BCUT2D eigenvalue weighted by atomic mass is 10.2. The lowest BCUT2D eigenvalue weighted by molar-refractivity contribution is 0.0917. The molecule has 7 heteroatoms. The van der Waals surface area contributed by atoms with Gasteiger partial charge in [0.15, 0.2) is 12.4 Å². The number of hydrogen-bond donors (Lipinski definition) is 1. The average molecular weight is 408 g/mol. The van der Waals surface area contributed by atoms with Crippen molar-refractivity contribution in [2.75, 3.05) is 6.61 Å². The Labute approximate surface area is 149 Å². The van der Waals surface area contributed by atoms with Crippen molar-refractivity contribution in [3.05, 3.63) is 63.0 Å². The molecule has 0 atom stereocenters. The van der Waals surface area contributed by atoms with Gasteiger partial charge in [0, 0.05) is 15.4 Å². The predicted molar refractivity (Wildman–Crippen MR) is 91.9 cm³/mol. The Kier molecular flexibility index (Phi) is 4.56. The number of halogens is 3. The molecule has 24 heavy (non-hydrogen) atoms. The lowest BCUT2D eigenvalue weighted by Crippen LogP contribution is -2.12. The van der Waals surface area contributed by atoms with Crippen molar-refractivity contribution in [3.63, 3.8) is 0 Å². The maximum Gasteiger partial charge on any atom is 0.216 e. The number of fused-ring (bicyclic) bond motifs is 1. The standard InChI is InChI=1S/C17H9BrClFN2O2/c18-11-1-2-14-9(3-11)5-15(22-14)16(23)8-24-17-10(7-21)4-12(20)6-13(17)19/h1-6,22H,8H2. The van der Waals surface area contributed by atoms with E-state index >= 15 is 0 Å². The van der Waals surface area contributed by atoms with E-state index in [0.29, 0.717) is 5.69 Å². The molecule has 0 spiro atoms. The summed E-state index contributed by atoms with van der Waals surface area (Å²) in [4.78, 5) is 15.3. The number of ether oxygens (including phenoxy) is 1. The van der Waals surface area contributed by atoms with E-state index in [4.69, 9.17) is 21.6 Å². The molecule has 0 fully saturated rings. The number of nitrogens with zero attached hydrogens (tertiary/aromatic N) is 1. The number of H-pyrrole nitrogens is 1. The Hall–Kier alpha value is -2.36. The summed E-state index contributed by atoms with van der Waals surface area (Å²) >= 11 is 9.25. The van der Waals surface area contributed by atoms with E-state index in [2.05, 4.69) is 20.9 Å². The molecule has 1 heterocycles. The molecular formula is C17H9BrClFN2O2. The van der Waals surface area contributed by atoms with Gasteiger partial charge in [-0.2, -0.15) is 5.26 Å². The van der Waals surface area contributed by atoms with Gasteiger partial charge in [-0.25, -0.2) is 4.39 Å². The minimum absolute atomic E-state index is 0.00669. The van der Waals surface area contributed by atoms with Crippen molar-refractivity contribution in [1.82, 2.24) is 4.98 Å². The van der Waals surface area contributed by atoms with E-state index < -0.39 is 5.82 Å². The largest absolute Gasteiger partial charge is 0.482 e.